The minimum absolute atomic E-state index is 0.316. The molecule has 5 heteroatoms. The van der Waals surface area contributed by atoms with Crippen LogP contribution in [0.25, 0.3) is 10.9 Å². The van der Waals surface area contributed by atoms with Crippen LogP contribution in [0.3, 0.4) is 0 Å². The standard InChI is InChI=1S/C14H9F2N3/c15-9-1-4-11(5-2-9)19-14-12-7-10(16)3-6-13(12)17-8-18-14/h1-8H,(H,17,18,19). The van der Waals surface area contributed by atoms with Crippen LogP contribution in [0.5, 0.6) is 0 Å². The summed E-state index contributed by atoms with van der Waals surface area (Å²) in [5, 5.41) is 3.59. The molecule has 19 heavy (non-hydrogen) atoms. The van der Waals surface area contributed by atoms with Crippen molar-refractivity contribution in [2.24, 2.45) is 0 Å². The maximum atomic E-state index is 13.3. The van der Waals surface area contributed by atoms with E-state index in [0.717, 1.165) is 0 Å². The van der Waals surface area contributed by atoms with Crippen LogP contribution in [0.2, 0.25) is 0 Å². The Hall–Kier alpha value is -2.56. The number of fused-ring (bicyclic) bond motifs is 1. The van der Waals surface area contributed by atoms with Gasteiger partial charge in [0.15, 0.2) is 0 Å². The zero-order valence-corrected chi connectivity index (χ0v) is 9.77. The molecule has 3 aromatic rings. The number of hydrogen-bond donors (Lipinski definition) is 1. The molecule has 0 amide bonds. The van der Waals surface area contributed by atoms with E-state index < -0.39 is 0 Å². The van der Waals surface area contributed by atoms with Crippen molar-refractivity contribution in [1.82, 2.24) is 9.97 Å². The summed E-state index contributed by atoms with van der Waals surface area (Å²) >= 11 is 0. The third-order valence-electron chi connectivity index (χ3n) is 2.70. The van der Waals surface area contributed by atoms with Gasteiger partial charge in [0, 0.05) is 11.1 Å². The van der Waals surface area contributed by atoms with E-state index >= 15 is 0 Å². The first-order chi connectivity index (χ1) is 9.22. The third kappa shape index (κ3) is 2.35. The Bertz CT molecular complexity index is 726. The van der Waals surface area contributed by atoms with Crippen molar-refractivity contribution >= 4 is 22.4 Å². The number of nitrogens with one attached hydrogen (secondary N) is 1. The predicted molar refractivity (Wildman–Crippen MR) is 69.2 cm³/mol. The molecule has 1 heterocycles. The van der Waals surface area contributed by atoms with Gasteiger partial charge < -0.3 is 5.32 Å². The molecule has 0 aliphatic heterocycles. The van der Waals surface area contributed by atoms with Gasteiger partial charge in [0.1, 0.15) is 23.8 Å². The Morgan fingerprint density at radius 2 is 1.58 bits per heavy atom. The lowest BCUT2D eigenvalue weighted by Gasteiger charge is -2.08. The van der Waals surface area contributed by atoms with E-state index in [1.807, 2.05) is 0 Å². The van der Waals surface area contributed by atoms with E-state index in [-0.39, 0.29) is 11.6 Å². The number of halogens is 2. The fourth-order valence-electron chi connectivity index (χ4n) is 1.80. The molecular formula is C14H9F2N3. The van der Waals surface area contributed by atoms with Gasteiger partial charge in [-0.3, -0.25) is 0 Å². The Labute approximate surface area is 107 Å². The minimum Gasteiger partial charge on any atom is -0.340 e. The Balaban J connectivity index is 2.05. The van der Waals surface area contributed by atoms with Gasteiger partial charge in [-0.15, -0.1) is 0 Å². The smallest absolute Gasteiger partial charge is 0.141 e. The van der Waals surface area contributed by atoms with Gasteiger partial charge in [0.25, 0.3) is 0 Å². The van der Waals surface area contributed by atoms with Crippen LogP contribution >= 0.6 is 0 Å². The van der Waals surface area contributed by atoms with E-state index in [2.05, 4.69) is 15.3 Å². The summed E-state index contributed by atoms with van der Waals surface area (Å²) in [5.74, 6) is -0.190. The van der Waals surface area contributed by atoms with Crippen LogP contribution in [0.4, 0.5) is 20.3 Å². The number of anilines is 2. The van der Waals surface area contributed by atoms with E-state index in [4.69, 9.17) is 0 Å². The molecular weight excluding hydrogens is 248 g/mol. The summed E-state index contributed by atoms with van der Waals surface area (Å²) in [5.41, 5.74) is 1.31. The average Bonchev–Trinajstić information content (AvgIpc) is 2.42. The highest BCUT2D eigenvalue weighted by Gasteiger charge is 2.05. The fraction of sp³-hybridized carbons (Fsp3) is 0. The topological polar surface area (TPSA) is 37.8 Å². The summed E-state index contributed by atoms with van der Waals surface area (Å²) in [7, 11) is 0. The summed E-state index contributed by atoms with van der Waals surface area (Å²) in [6.45, 7) is 0. The van der Waals surface area contributed by atoms with Crippen molar-refractivity contribution < 1.29 is 8.78 Å². The molecule has 0 saturated heterocycles. The normalized spacial score (nSPS) is 10.6. The molecule has 0 aliphatic carbocycles. The van der Waals surface area contributed by atoms with Crippen molar-refractivity contribution in [2.75, 3.05) is 5.32 Å². The summed E-state index contributed by atoms with van der Waals surface area (Å²) < 4.78 is 26.1. The molecule has 3 rings (SSSR count). The van der Waals surface area contributed by atoms with Crippen molar-refractivity contribution in [3.63, 3.8) is 0 Å². The lowest BCUT2D eigenvalue weighted by atomic mass is 10.2. The van der Waals surface area contributed by atoms with Gasteiger partial charge in [0.05, 0.1) is 5.52 Å². The zero-order chi connectivity index (χ0) is 13.2. The summed E-state index contributed by atoms with van der Waals surface area (Å²) in [4.78, 5) is 8.14. The SMILES string of the molecule is Fc1ccc(Nc2ncnc3ccc(F)cc23)cc1. The number of hydrogen-bond acceptors (Lipinski definition) is 3. The third-order valence-corrected chi connectivity index (χ3v) is 2.70. The molecule has 0 bridgehead atoms. The van der Waals surface area contributed by atoms with Gasteiger partial charge in [-0.25, -0.2) is 18.7 Å². The van der Waals surface area contributed by atoms with Crippen LogP contribution in [0.1, 0.15) is 0 Å². The van der Waals surface area contributed by atoms with Crippen molar-refractivity contribution in [2.45, 2.75) is 0 Å². The van der Waals surface area contributed by atoms with Crippen LogP contribution in [-0.2, 0) is 0 Å². The van der Waals surface area contributed by atoms with E-state index in [1.54, 1.807) is 18.2 Å². The summed E-state index contributed by atoms with van der Waals surface area (Å²) in [6.07, 6.45) is 1.39. The molecule has 3 nitrogen and oxygen atoms in total. The van der Waals surface area contributed by atoms with Crippen LogP contribution in [-0.4, -0.2) is 9.97 Å². The molecule has 0 spiro atoms. The average molecular weight is 257 g/mol. The minimum atomic E-state index is -0.357. The van der Waals surface area contributed by atoms with Crippen molar-refractivity contribution in [3.05, 3.63) is 60.4 Å². The number of aromatic nitrogens is 2. The highest BCUT2D eigenvalue weighted by atomic mass is 19.1. The van der Waals surface area contributed by atoms with Crippen LogP contribution in [0.15, 0.2) is 48.8 Å². The monoisotopic (exact) mass is 257 g/mol. The Morgan fingerprint density at radius 1 is 0.842 bits per heavy atom. The van der Waals surface area contributed by atoms with Gasteiger partial charge in [-0.05, 0) is 42.5 Å². The highest BCUT2D eigenvalue weighted by molar-refractivity contribution is 5.90. The van der Waals surface area contributed by atoms with E-state index in [1.165, 1.54) is 30.6 Å². The van der Waals surface area contributed by atoms with Crippen molar-refractivity contribution in [1.29, 1.82) is 0 Å². The maximum absolute atomic E-state index is 13.3. The van der Waals surface area contributed by atoms with Gasteiger partial charge >= 0.3 is 0 Å². The van der Waals surface area contributed by atoms with E-state index in [9.17, 15) is 8.78 Å². The Morgan fingerprint density at radius 3 is 2.37 bits per heavy atom. The first kappa shape index (κ1) is 11.5. The first-order valence-corrected chi connectivity index (χ1v) is 5.65. The second-order valence-electron chi connectivity index (χ2n) is 4.02. The zero-order valence-electron chi connectivity index (χ0n) is 9.77. The molecule has 1 N–H and O–H groups in total. The molecule has 0 saturated carbocycles. The highest BCUT2D eigenvalue weighted by Crippen LogP contribution is 2.23. The lowest BCUT2D eigenvalue weighted by molar-refractivity contribution is 0.628. The molecule has 0 aliphatic rings. The molecule has 94 valence electrons. The largest absolute Gasteiger partial charge is 0.340 e. The second kappa shape index (κ2) is 4.61. The van der Waals surface area contributed by atoms with Gasteiger partial charge in [-0.2, -0.15) is 0 Å². The molecule has 0 unspecified atom stereocenters. The van der Waals surface area contributed by atoms with Crippen LogP contribution in [0, 0.1) is 11.6 Å². The van der Waals surface area contributed by atoms with Crippen molar-refractivity contribution in [3.8, 4) is 0 Å². The molecule has 0 fully saturated rings. The molecule has 2 aromatic carbocycles. The molecule has 0 radical (unpaired) electrons. The fourth-order valence-corrected chi connectivity index (χ4v) is 1.80. The first-order valence-electron chi connectivity index (χ1n) is 5.65. The van der Waals surface area contributed by atoms with E-state index in [0.29, 0.717) is 22.4 Å². The number of nitrogens with zero attached hydrogens (tertiary/aromatic N) is 2. The molecule has 0 atom stereocenters. The quantitative estimate of drug-likeness (QED) is 0.761. The van der Waals surface area contributed by atoms with Crippen LogP contribution < -0.4 is 5.32 Å². The van der Waals surface area contributed by atoms with Gasteiger partial charge in [-0.1, -0.05) is 0 Å². The maximum Gasteiger partial charge on any atom is 0.141 e. The number of rotatable bonds is 2. The number of benzene rings is 2. The van der Waals surface area contributed by atoms with Gasteiger partial charge in [0.2, 0.25) is 0 Å². The Kier molecular flexibility index (Phi) is 2.79. The summed E-state index contributed by atoms with van der Waals surface area (Å²) in [6, 6.07) is 10.1. The second-order valence-corrected chi connectivity index (χ2v) is 4.02. The molecule has 1 aromatic heterocycles. The lowest BCUT2D eigenvalue weighted by Crippen LogP contribution is -1.96. The predicted octanol–water partition coefficient (Wildman–Crippen LogP) is 3.65.